The van der Waals surface area contributed by atoms with Crippen LogP contribution >= 0.6 is 0 Å². The lowest BCUT2D eigenvalue weighted by atomic mass is 9.99. The molecular formula is C15H14O3. The Kier molecular flexibility index (Phi) is 2.49. The first-order valence-corrected chi connectivity index (χ1v) is 5.93. The SMILES string of the molecule is CC1Oc2ccccc2OC1(O)c1ccccc1. The van der Waals surface area contributed by atoms with Gasteiger partial charge in [0.05, 0.1) is 0 Å². The fourth-order valence-electron chi connectivity index (χ4n) is 2.12. The summed E-state index contributed by atoms with van der Waals surface area (Å²) in [7, 11) is 0. The van der Waals surface area contributed by atoms with Crippen LogP contribution in [0.4, 0.5) is 0 Å². The van der Waals surface area contributed by atoms with E-state index in [1.54, 1.807) is 13.0 Å². The van der Waals surface area contributed by atoms with Crippen molar-refractivity contribution in [3.63, 3.8) is 0 Å². The highest BCUT2D eigenvalue weighted by Crippen LogP contribution is 2.41. The molecule has 92 valence electrons. The number of benzene rings is 2. The molecule has 0 radical (unpaired) electrons. The molecule has 0 aliphatic carbocycles. The quantitative estimate of drug-likeness (QED) is 0.835. The van der Waals surface area contributed by atoms with Crippen molar-refractivity contribution in [2.24, 2.45) is 0 Å². The van der Waals surface area contributed by atoms with E-state index in [2.05, 4.69) is 0 Å². The molecule has 3 nitrogen and oxygen atoms in total. The van der Waals surface area contributed by atoms with Crippen LogP contribution in [0.3, 0.4) is 0 Å². The van der Waals surface area contributed by atoms with Crippen molar-refractivity contribution in [1.82, 2.24) is 0 Å². The highest BCUT2D eigenvalue weighted by Gasteiger charge is 2.44. The minimum Gasteiger partial charge on any atom is -0.480 e. The fourth-order valence-corrected chi connectivity index (χ4v) is 2.12. The van der Waals surface area contributed by atoms with Crippen molar-refractivity contribution in [2.75, 3.05) is 0 Å². The summed E-state index contributed by atoms with van der Waals surface area (Å²) >= 11 is 0. The third kappa shape index (κ3) is 1.64. The van der Waals surface area contributed by atoms with E-state index in [-0.39, 0.29) is 0 Å². The monoisotopic (exact) mass is 242 g/mol. The molecule has 2 unspecified atom stereocenters. The highest BCUT2D eigenvalue weighted by atomic mass is 16.7. The summed E-state index contributed by atoms with van der Waals surface area (Å²) in [5.74, 6) is -0.233. The lowest BCUT2D eigenvalue weighted by Crippen LogP contribution is -2.48. The Morgan fingerprint density at radius 3 is 2.28 bits per heavy atom. The maximum atomic E-state index is 10.7. The molecule has 1 aliphatic rings. The summed E-state index contributed by atoms with van der Waals surface area (Å²) < 4.78 is 11.5. The molecule has 2 atom stereocenters. The summed E-state index contributed by atoms with van der Waals surface area (Å²) in [6.07, 6.45) is -0.477. The second-order valence-corrected chi connectivity index (χ2v) is 4.37. The van der Waals surface area contributed by atoms with Crippen molar-refractivity contribution >= 4 is 0 Å². The Balaban J connectivity index is 2.05. The Bertz CT molecular complexity index is 553. The Morgan fingerprint density at radius 1 is 0.944 bits per heavy atom. The Labute approximate surface area is 106 Å². The van der Waals surface area contributed by atoms with Gasteiger partial charge in [-0.25, -0.2) is 0 Å². The van der Waals surface area contributed by atoms with Crippen LogP contribution in [0, 0.1) is 0 Å². The lowest BCUT2D eigenvalue weighted by Gasteiger charge is -2.39. The summed E-state index contributed by atoms with van der Waals surface area (Å²) in [6, 6.07) is 16.6. The molecule has 18 heavy (non-hydrogen) atoms. The topological polar surface area (TPSA) is 38.7 Å². The molecule has 0 saturated heterocycles. The second-order valence-electron chi connectivity index (χ2n) is 4.37. The van der Waals surface area contributed by atoms with E-state index in [0.29, 0.717) is 17.1 Å². The van der Waals surface area contributed by atoms with E-state index in [9.17, 15) is 5.11 Å². The second kappa shape index (κ2) is 4.03. The summed E-state index contributed by atoms with van der Waals surface area (Å²) in [6.45, 7) is 1.79. The number of para-hydroxylation sites is 2. The van der Waals surface area contributed by atoms with Crippen molar-refractivity contribution < 1.29 is 14.6 Å². The van der Waals surface area contributed by atoms with Gasteiger partial charge in [-0.2, -0.15) is 0 Å². The van der Waals surface area contributed by atoms with Crippen LogP contribution in [0.1, 0.15) is 12.5 Å². The molecule has 1 aliphatic heterocycles. The van der Waals surface area contributed by atoms with Gasteiger partial charge < -0.3 is 14.6 Å². The predicted molar refractivity (Wildman–Crippen MR) is 67.5 cm³/mol. The van der Waals surface area contributed by atoms with Crippen LogP contribution < -0.4 is 9.47 Å². The molecule has 3 heteroatoms. The van der Waals surface area contributed by atoms with Gasteiger partial charge in [-0.05, 0) is 19.1 Å². The van der Waals surface area contributed by atoms with Crippen molar-refractivity contribution in [3.05, 3.63) is 60.2 Å². The van der Waals surface area contributed by atoms with Crippen LogP contribution in [0.5, 0.6) is 11.5 Å². The van der Waals surface area contributed by atoms with Crippen LogP contribution in [-0.2, 0) is 5.79 Å². The summed E-state index contributed by atoms with van der Waals surface area (Å²) in [4.78, 5) is 0. The van der Waals surface area contributed by atoms with E-state index in [0.717, 1.165) is 0 Å². The number of hydrogen-bond acceptors (Lipinski definition) is 3. The molecule has 0 aromatic heterocycles. The minimum absolute atomic E-state index is 0.477. The van der Waals surface area contributed by atoms with E-state index >= 15 is 0 Å². The standard InChI is InChI=1S/C15H14O3/c1-11-15(16,12-7-3-2-4-8-12)18-14-10-6-5-9-13(14)17-11/h2-11,16H,1H3. The molecule has 0 saturated carbocycles. The normalized spacial score (nSPS) is 25.8. The molecule has 3 rings (SSSR count). The van der Waals surface area contributed by atoms with Gasteiger partial charge in [0.1, 0.15) is 0 Å². The van der Waals surface area contributed by atoms with Crippen LogP contribution in [-0.4, -0.2) is 11.2 Å². The van der Waals surface area contributed by atoms with Gasteiger partial charge in [-0.3, -0.25) is 0 Å². The zero-order chi connectivity index (χ0) is 12.6. The minimum atomic E-state index is -1.45. The molecule has 1 heterocycles. The van der Waals surface area contributed by atoms with Gasteiger partial charge in [0.2, 0.25) is 0 Å². The molecule has 0 fully saturated rings. The van der Waals surface area contributed by atoms with Gasteiger partial charge >= 0.3 is 0 Å². The van der Waals surface area contributed by atoms with Gasteiger partial charge in [0, 0.05) is 5.56 Å². The molecule has 2 aromatic rings. The van der Waals surface area contributed by atoms with Crippen LogP contribution in [0.15, 0.2) is 54.6 Å². The maximum Gasteiger partial charge on any atom is 0.272 e. The zero-order valence-corrected chi connectivity index (χ0v) is 10.0. The first-order valence-electron chi connectivity index (χ1n) is 5.93. The fraction of sp³-hybridized carbons (Fsp3) is 0.200. The van der Waals surface area contributed by atoms with E-state index < -0.39 is 11.9 Å². The molecule has 2 aromatic carbocycles. The van der Waals surface area contributed by atoms with Crippen molar-refractivity contribution in [2.45, 2.75) is 18.8 Å². The van der Waals surface area contributed by atoms with Crippen molar-refractivity contribution in [3.8, 4) is 11.5 Å². The Morgan fingerprint density at radius 2 is 1.56 bits per heavy atom. The molecular weight excluding hydrogens is 228 g/mol. The first-order chi connectivity index (χ1) is 8.70. The molecule has 0 spiro atoms. The van der Waals surface area contributed by atoms with E-state index in [1.165, 1.54) is 0 Å². The largest absolute Gasteiger partial charge is 0.480 e. The number of hydrogen-bond donors (Lipinski definition) is 1. The van der Waals surface area contributed by atoms with Gasteiger partial charge in [-0.15, -0.1) is 0 Å². The van der Waals surface area contributed by atoms with E-state index in [4.69, 9.17) is 9.47 Å². The maximum absolute atomic E-state index is 10.7. The van der Waals surface area contributed by atoms with Gasteiger partial charge in [-0.1, -0.05) is 42.5 Å². The number of fused-ring (bicyclic) bond motifs is 1. The van der Waals surface area contributed by atoms with Crippen LogP contribution in [0.2, 0.25) is 0 Å². The van der Waals surface area contributed by atoms with Gasteiger partial charge in [0.15, 0.2) is 17.6 Å². The van der Waals surface area contributed by atoms with Crippen LogP contribution in [0.25, 0.3) is 0 Å². The third-order valence-electron chi connectivity index (χ3n) is 3.16. The van der Waals surface area contributed by atoms with E-state index in [1.807, 2.05) is 48.5 Å². The number of rotatable bonds is 1. The average Bonchev–Trinajstić information content (AvgIpc) is 2.41. The highest BCUT2D eigenvalue weighted by molar-refractivity contribution is 5.42. The summed E-state index contributed by atoms with van der Waals surface area (Å²) in [5.41, 5.74) is 0.687. The third-order valence-corrected chi connectivity index (χ3v) is 3.16. The zero-order valence-electron chi connectivity index (χ0n) is 10.0. The van der Waals surface area contributed by atoms with Gasteiger partial charge in [0.25, 0.3) is 5.79 Å². The number of aliphatic hydroxyl groups is 1. The first kappa shape index (κ1) is 11.1. The summed E-state index contributed by atoms with van der Waals surface area (Å²) in [5, 5.41) is 10.7. The molecule has 1 N–H and O–H groups in total. The molecule has 0 amide bonds. The van der Waals surface area contributed by atoms with Crippen molar-refractivity contribution in [1.29, 1.82) is 0 Å². The predicted octanol–water partition coefficient (Wildman–Crippen LogP) is 2.69. The average molecular weight is 242 g/mol. The lowest BCUT2D eigenvalue weighted by molar-refractivity contribution is -0.216. The Hall–Kier alpha value is -2.00. The smallest absolute Gasteiger partial charge is 0.272 e. The number of ether oxygens (including phenoxy) is 2. The molecule has 0 bridgehead atoms.